The van der Waals surface area contributed by atoms with Crippen LogP contribution in [0.15, 0.2) is 54.9 Å². The number of aliphatic hydroxyl groups is 1. The maximum absolute atomic E-state index is 11.2. The number of rotatable bonds is 6. The molecule has 1 saturated heterocycles. The van der Waals surface area contributed by atoms with Crippen molar-refractivity contribution in [2.24, 2.45) is 0 Å². The van der Waals surface area contributed by atoms with E-state index in [1.165, 1.54) is 7.11 Å². The number of halogens is 3. The molecule has 3 aromatic rings. The van der Waals surface area contributed by atoms with E-state index < -0.39 is 5.60 Å². The summed E-state index contributed by atoms with van der Waals surface area (Å²) in [5.41, 5.74) is 1.55. The highest BCUT2D eigenvalue weighted by Gasteiger charge is 2.34. The van der Waals surface area contributed by atoms with Crippen LogP contribution in [0.3, 0.4) is 0 Å². The van der Waals surface area contributed by atoms with Crippen LogP contribution in [0.2, 0.25) is 15.1 Å². The third-order valence-corrected chi connectivity index (χ3v) is 6.69. The smallest absolute Gasteiger partial charge is 0.316 e. The quantitative estimate of drug-likeness (QED) is 0.494. The fraction of sp³-hybridized carbons (Fsp3) is 0.333. The third-order valence-electron chi connectivity index (χ3n) is 5.90. The first-order valence-corrected chi connectivity index (χ1v) is 11.7. The average molecular weight is 508 g/mol. The zero-order valence-electron chi connectivity index (χ0n) is 18.4. The third kappa shape index (κ3) is 5.53. The second-order valence-electron chi connectivity index (χ2n) is 8.32. The average Bonchev–Trinajstić information content (AvgIpc) is 2.80. The number of methoxy groups -OCH3 is 1. The number of anilines is 1. The van der Waals surface area contributed by atoms with Gasteiger partial charge in [0, 0.05) is 54.2 Å². The van der Waals surface area contributed by atoms with Gasteiger partial charge in [0.15, 0.2) is 0 Å². The molecule has 4 rings (SSSR count). The van der Waals surface area contributed by atoms with Gasteiger partial charge in [-0.2, -0.15) is 0 Å². The minimum Gasteiger partial charge on any atom is -0.467 e. The van der Waals surface area contributed by atoms with Crippen LogP contribution in [-0.2, 0) is 5.60 Å². The molecule has 0 radical (unpaired) electrons. The SMILES string of the molecule is COc1ncc([C@](C)(O)CN2CCN(c3ccc(Cl)cc3Cl)[C@H](c3ccc(Cl)cc3)C2)cn1. The Morgan fingerprint density at radius 2 is 1.70 bits per heavy atom. The van der Waals surface area contributed by atoms with Crippen LogP contribution in [0.5, 0.6) is 6.01 Å². The Morgan fingerprint density at radius 3 is 2.33 bits per heavy atom. The molecule has 0 spiro atoms. The second kappa shape index (κ2) is 10.0. The summed E-state index contributed by atoms with van der Waals surface area (Å²) in [7, 11) is 1.51. The van der Waals surface area contributed by atoms with Gasteiger partial charge in [0.25, 0.3) is 0 Å². The van der Waals surface area contributed by atoms with Crippen molar-refractivity contribution in [3.8, 4) is 6.01 Å². The molecular formula is C24H25Cl3N4O2. The van der Waals surface area contributed by atoms with Gasteiger partial charge >= 0.3 is 6.01 Å². The van der Waals surface area contributed by atoms with Crippen LogP contribution in [-0.4, -0.2) is 53.3 Å². The molecule has 1 N–H and O–H groups in total. The molecule has 0 saturated carbocycles. The molecule has 1 fully saturated rings. The number of ether oxygens (including phenoxy) is 1. The number of nitrogens with zero attached hydrogens (tertiary/aromatic N) is 4. The predicted octanol–water partition coefficient (Wildman–Crippen LogP) is 5.22. The van der Waals surface area contributed by atoms with Crippen LogP contribution in [0.25, 0.3) is 0 Å². The van der Waals surface area contributed by atoms with Crippen molar-refractivity contribution < 1.29 is 9.84 Å². The number of hydrogen-bond donors (Lipinski definition) is 1. The first-order chi connectivity index (χ1) is 15.8. The molecule has 2 atom stereocenters. The standard InChI is InChI=1S/C24H25Cl3N4O2/c1-24(32,17-12-28-23(33-2)29-13-17)15-30-9-10-31(21-8-7-19(26)11-20(21)27)22(14-30)16-3-5-18(25)6-4-16/h3-8,11-13,22,32H,9-10,14-15H2,1-2H3/t22-,24+/m0/s1. The largest absolute Gasteiger partial charge is 0.467 e. The van der Waals surface area contributed by atoms with E-state index in [4.69, 9.17) is 39.5 Å². The maximum atomic E-state index is 11.2. The van der Waals surface area contributed by atoms with E-state index >= 15 is 0 Å². The van der Waals surface area contributed by atoms with Gasteiger partial charge in [0.1, 0.15) is 5.60 Å². The molecule has 0 unspecified atom stereocenters. The van der Waals surface area contributed by atoms with Crippen molar-refractivity contribution in [2.75, 3.05) is 38.2 Å². The first kappa shape index (κ1) is 24.0. The predicted molar refractivity (Wildman–Crippen MR) is 133 cm³/mol. The minimum atomic E-state index is -1.13. The molecule has 9 heteroatoms. The number of aromatic nitrogens is 2. The molecule has 1 aliphatic rings. The molecule has 2 heterocycles. The summed E-state index contributed by atoms with van der Waals surface area (Å²) in [6.07, 6.45) is 3.21. The monoisotopic (exact) mass is 506 g/mol. The normalized spacial score (nSPS) is 18.7. The van der Waals surface area contributed by atoms with E-state index in [1.54, 1.807) is 25.4 Å². The van der Waals surface area contributed by atoms with Gasteiger partial charge in [-0.15, -0.1) is 0 Å². The highest BCUT2D eigenvalue weighted by Crippen LogP contribution is 2.37. The summed E-state index contributed by atoms with van der Waals surface area (Å²) in [5, 5.41) is 13.1. The molecule has 1 aromatic heterocycles. The van der Waals surface area contributed by atoms with E-state index in [-0.39, 0.29) is 12.1 Å². The van der Waals surface area contributed by atoms with Crippen molar-refractivity contribution in [3.05, 3.63) is 81.1 Å². The number of benzene rings is 2. The number of piperazine rings is 1. The summed E-state index contributed by atoms with van der Waals surface area (Å²) in [6, 6.07) is 13.7. The van der Waals surface area contributed by atoms with E-state index in [9.17, 15) is 5.11 Å². The molecule has 33 heavy (non-hydrogen) atoms. The van der Waals surface area contributed by atoms with Crippen LogP contribution < -0.4 is 9.64 Å². The zero-order chi connectivity index (χ0) is 23.6. The molecular weight excluding hydrogens is 483 g/mol. The Morgan fingerprint density at radius 1 is 1.03 bits per heavy atom. The van der Waals surface area contributed by atoms with Crippen LogP contribution >= 0.6 is 34.8 Å². The van der Waals surface area contributed by atoms with E-state index in [0.717, 1.165) is 24.3 Å². The molecule has 174 valence electrons. The fourth-order valence-corrected chi connectivity index (χ4v) is 4.83. The molecule has 0 amide bonds. The maximum Gasteiger partial charge on any atom is 0.316 e. The highest BCUT2D eigenvalue weighted by molar-refractivity contribution is 6.36. The van der Waals surface area contributed by atoms with Crippen LogP contribution in [0.1, 0.15) is 24.1 Å². The van der Waals surface area contributed by atoms with Gasteiger partial charge in [-0.25, -0.2) is 9.97 Å². The molecule has 1 aliphatic heterocycles. The van der Waals surface area contributed by atoms with E-state index in [2.05, 4.69) is 19.8 Å². The van der Waals surface area contributed by atoms with Crippen LogP contribution in [0.4, 0.5) is 5.69 Å². The van der Waals surface area contributed by atoms with Crippen molar-refractivity contribution >= 4 is 40.5 Å². The molecule has 2 aromatic carbocycles. The Kier molecular flexibility index (Phi) is 7.31. The lowest BCUT2D eigenvalue weighted by atomic mass is 9.96. The minimum absolute atomic E-state index is 0.0117. The van der Waals surface area contributed by atoms with E-state index in [1.807, 2.05) is 36.4 Å². The highest BCUT2D eigenvalue weighted by atomic mass is 35.5. The summed E-state index contributed by atoms with van der Waals surface area (Å²) in [6.45, 7) is 4.36. The van der Waals surface area contributed by atoms with Gasteiger partial charge in [-0.1, -0.05) is 46.9 Å². The second-order valence-corrected chi connectivity index (χ2v) is 9.60. The first-order valence-electron chi connectivity index (χ1n) is 10.6. The summed E-state index contributed by atoms with van der Waals surface area (Å²) in [4.78, 5) is 12.8. The van der Waals surface area contributed by atoms with Crippen LogP contribution in [0, 0.1) is 0 Å². The summed E-state index contributed by atoms with van der Waals surface area (Å²) in [5.74, 6) is 0. The van der Waals surface area contributed by atoms with Gasteiger partial charge < -0.3 is 14.7 Å². The number of β-amino-alcohol motifs (C(OH)–C–C–N with tert-alkyl or cyclic N) is 1. The molecule has 6 nitrogen and oxygen atoms in total. The van der Waals surface area contributed by atoms with Gasteiger partial charge in [0.2, 0.25) is 0 Å². The lowest BCUT2D eigenvalue weighted by molar-refractivity contribution is 0.00964. The Bertz CT molecular complexity index is 1090. The van der Waals surface area contributed by atoms with E-state index in [0.29, 0.717) is 33.7 Å². The van der Waals surface area contributed by atoms with Gasteiger partial charge in [0.05, 0.1) is 23.9 Å². The lowest BCUT2D eigenvalue weighted by Crippen LogP contribution is -2.52. The summed E-state index contributed by atoms with van der Waals surface area (Å²) >= 11 is 18.8. The van der Waals surface area contributed by atoms with Crippen molar-refractivity contribution in [2.45, 2.75) is 18.6 Å². The van der Waals surface area contributed by atoms with Gasteiger partial charge in [-0.3, -0.25) is 4.90 Å². The van der Waals surface area contributed by atoms with Crippen molar-refractivity contribution in [1.82, 2.24) is 14.9 Å². The fourth-order valence-electron chi connectivity index (χ4n) is 4.18. The Hall–Kier alpha value is -2.09. The number of hydrogen-bond acceptors (Lipinski definition) is 6. The summed E-state index contributed by atoms with van der Waals surface area (Å²) < 4.78 is 5.03. The zero-order valence-corrected chi connectivity index (χ0v) is 20.6. The Labute approximate surface area is 208 Å². The molecule has 0 bridgehead atoms. The topological polar surface area (TPSA) is 61.7 Å². The Balaban J connectivity index is 1.59. The lowest BCUT2D eigenvalue weighted by Gasteiger charge is -2.45. The van der Waals surface area contributed by atoms with Crippen molar-refractivity contribution in [3.63, 3.8) is 0 Å². The van der Waals surface area contributed by atoms with Gasteiger partial charge in [-0.05, 0) is 42.8 Å². The molecule has 0 aliphatic carbocycles. The van der Waals surface area contributed by atoms with Crippen molar-refractivity contribution in [1.29, 1.82) is 0 Å².